The second kappa shape index (κ2) is 10.6. The van der Waals surface area contributed by atoms with Gasteiger partial charge in [0.15, 0.2) is 0 Å². The number of hydrogen-bond donors (Lipinski definition) is 0. The molecule has 0 unspecified atom stereocenters. The molecule has 4 aromatic heterocycles. The van der Waals surface area contributed by atoms with Crippen molar-refractivity contribution < 1.29 is 0 Å². The van der Waals surface area contributed by atoms with Crippen LogP contribution < -0.4 is 16.0 Å². The first kappa shape index (κ1) is 25.4. The van der Waals surface area contributed by atoms with Gasteiger partial charge in [0.2, 0.25) is 0 Å². The van der Waals surface area contributed by atoms with Crippen molar-refractivity contribution in [1.29, 1.82) is 0 Å². The Balaban J connectivity index is 0.000000179. The molecular formula is C29H33N7O2. The number of anilines is 1. The number of aromatic nitrogens is 6. The quantitative estimate of drug-likeness (QED) is 0.357. The second-order valence-corrected chi connectivity index (χ2v) is 10.1. The second-order valence-electron chi connectivity index (χ2n) is 10.1. The lowest BCUT2D eigenvalue weighted by Crippen LogP contribution is -2.27. The highest BCUT2D eigenvalue weighted by Gasteiger charge is 2.22. The molecule has 5 aromatic rings. The Bertz CT molecular complexity index is 1690. The van der Waals surface area contributed by atoms with Crippen LogP contribution in [0.15, 0.2) is 71.0 Å². The molecule has 0 saturated heterocycles. The highest BCUT2D eigenvalue weighted by Crippen LogP contribution is 2.32. The van der Waals surface area contributed by atoms with E-state index in [-0.39, 0.29) is 17.2 Å². The van der Waals surface area contributed by atoms with Crippen LogP contribution in [-0.2, 0) is 7.05 Å². The minimum atomic E-state index is -0.0659. The van der Waals surface area contributed by atoms with E-state index in [4.69, 9.17) is 0 Å². The van der Waals surface area contributed by atoms with Gasteiger partial charge < -0.3 is 9.47 Å². The molecule has 0 bridgehead atoms. The van der Waals surface area contributed by atoms with Crippen LogP contribution in [0.1, 0.15) is 43.7 Å². The molecule has 0 spiro atoms. The van der Waals surface area contributed by atoms with Crippen molar-refractivity contribution in [2.45, 2.75) is 45.1 Å². The van der Waals surface area contributed by atoms with Crippen LogP contribution in [0.4, 0.5) is 5.69 Å². The number of rotatable bonds is 3. The van der Waals surface area contributed by atoms with E-state index in [0.29, 0.717) is 5.52 Å². The summed E-state index contributed by atoms with van der Waals surface area (Å²) in [5, 5.41) is 0.952. The zero-order chi connectivity index (χ0) is 26.8. The molecular weight excluding hydrogens is 478 g/mol. The molecule has 0 aliphatic heterocycles. The van der Waals surface area contributed by atoms with Crippen molar-refractivity contribution in [3.05, 3.63) is 87.7 Å². The summed E-state index contributed by atoms with van der Waals surface area (Å²) in [5.74, 6) is 0. The van der Waals surface area contributed by atoms with E-state index in [1.165, 1.54) is 48.0 Å². The van der Waals surface area contributed by atoms with Crippen molar-refractivity contribution in [3.63, 3.8) is 0 Å². The van der Waals surface area contributed by atoms with Crippen LogP contribution in [0.2, 0.25) is 0 Å². The van der Waals surface area contributed by atoms with Gasteiger partial charge in [0, 0.05) is 45.6 Å². The maximum Gasteiger partial charge on any atom is 0.278 e. The van der Waals surface area contributed by atoms with Gasteiger partial charge in [-0.05, 0) is 38.0 Å². The first-order valence-electron chi connectivity index (χ1n) is 13.0. The molecule has 1 aliphatic rings. The van der Waals surface area contributed by atoms with Gasteiger partial charge in [0.05, 0.1) is 23.1 Å². The van der Waals surface area contributed by atoms with Crippen molar-refractivity contribution in [2.75, 3.05) is 19.0 Å². The van der Waals surface area contributed by atoms with Crippen molar-refractivity contribution >= 4 is 27.8 Å². The standard InChI is InChI=1S/C18H23N5O.C11H10N2O/c1-21(2)13-9-10-19-17-14(13)15-16(22(17)3)18(24)23(11-20-15)12-7-5-4-6-8-12;1-9-2-4-10(5-3-9)13-8-12-7-6-11(13)14/h9-12H,4-8H2,1-3H3;2-8H,1H3. The smallest absolute Gasteiger partial charge is 0.278 e. The number of aryl methyl sites for hydroxylation is 2. The zero-order valence-corrected chi connectivity index (χ0v) is 22.3. The number of benzene rings is 1. The summed E-state index contributed by atoms with van der Waals surface area (Å²) in [5.41, 5.74) is 5.25. The van der Waals surface area contributed by atoms with E-state index in [1.807, 2.05) is 72.4 Å². The van der Waals surface area contributed by atoms with E-state index in [2.05, 4.69) is 15.0 Å². The molecule has 9 nitrogen and oxygen atoms in total. The summed E-state index contributed by atoms with van der Waals surface area (Å²) in [6, 6.07) is 11.4. The zero-order valence-electron chi connectivity index (χ0n) is 22.3. The predicted molar refractivity (Wildman–Crippen MR) is 151 cm³/mol. The summed E-state index contributed by atoms with van der Waals surface area (Å²) in [6.07, 6.45) is 12.3. The molecule has 1 saturated carbocycles. The summed E-state index contributed by atoms with van der Waals surface area (Å²) in [6.45, 7) is 2.01. The molecule has 196 valence electrons. The average molecular weight is 512 g/mol. The summed E-state index contributed by atoms with van der Waals surface area (Å²) < 4.78 is 5.25. The lowest BCUT2D eigenvalue weighted by atomic mass is 9.95. The van der Waals surface area contributed by atoms with E-state index in [0.717, 1.165) is 40.8 Å². The topological polar surface area (TPSA) is 90.8 Å². The predicted octanol–water partition coefficient (Wildman–Crippen LogP) is 4.40. The van der Waals surface area contributed by atoms with Gasteiger partial charge in [0.1, 0.15) is 23.0 Å². The lowest BCUT2D eigenvalue weighted by Gasteiger charge is -2.23. The highest BCUT2D eigenvalue weighted by molar-refractivity contribution is 6.10. The number of hydrogen-bond acceptors (Lipinski definition) is 6. The molecule has 6 rings (SSSR count). The fourth-order valence-corrected chi connectivity index (χ4v) is 5.21. The molecule has 0 amide bonds. The van der Waals surface area contributed by atoms with E-state index in [1.54, 1.807) is 12.5 Å². The minimum Gasteiger partial charge on any atom is -0.377 e. The van der Waals surface area contributed by atoms with Gasteiger partial charge in [-0.25, -0.2) is 15.0 Å². The minimum absolute atomic E-state index is 0.0529. The van der Waals surface area contributed by atoms with E-state index >= 15 is 0 Å². The molecule has 0 radical (unpaired) electrons. The average Bonchev–Trinajstić information content (AvgIpc) is 3.23. The Morgan fingerprint density at radius 3 is 2.32 bits per heavy atom. The van der Waals surface area contributed by atoms with Crippen LogP contribution in [0.5, 0.6) is 0 Å². The van der Waals surface area contributed by atoms with Crippen molar-refractivity contribution in [2.24, 2.45) is 7.05 Å². The molecule has 4 heterocycles. The van der Waals surface area contributed by atoms with Gasteiger partial charge in [-0.1, -0.05) is 37.0 Å². The molecule has 1 aromatic carbocycles. The molecule has 1 fully saturated rings. The Labute approximate surface area is 221 Å². The van der Waals surface area contributed by atoms with Gasteiger partial charge in [-0.3, -0.25) is 18.7 Å². The normalized spacial score (nSPS) is 13.9. The Hall–Kier alpha value is -4.27. The maximum atomic E-state index is 13.2. The largest absolute Gasteiger partial charge is 0.377 e. The third-order valence-corrected chi connectivity index (χ3v) is 7.26. The van der Waals surface area contributed by atoms with Gasteiger partial charge in [-0.2, -0.15) is 0 Å². The lowest BCUT2D eigenvalue weighted by molar-refractivity contribution is 0.344. The Morgan fingerprint density at radius 2 is 1.63 bits per heavy atom. The summed E-state index contributed by atoms with van der Waals surface area (Å²) in [4.78, 5) is 39.7. The fourth-order valence-electron chi connectivity index (χ4n) is 5.21. The third kappa shape index (κ3) is 4.71. The van der Waals surface area contributed by atoms with Crippen molar-refractivity contribution in [1.82, 2.24) is 28.7 Å². The number of pyridine rings is 1. The van der Waals surface area contributed by atoms with Crippen molar-refractivity contribution in [3.8, 4) is 5.69 Å². The fraction of sp³-hybridized carbons (Fsp3) is 0.345. The highest BCUT2D eigenvalue weighted by atomic mass is 16.1. The monoisotopic (exact) mass is 511 g/mol. The summed E-state index contributed by atoms with van der Waals surface area (Å²) in [7, 11) is 5.90. The first-order chi connectivity index (χ1) is 18.4. The Morgan fingerprint density at radius 1 is 0.895 bits per heavy atom. The molecule has 38 heavy (non-hydrogen) atoms. The summed E-state index contributed by atoms with van der Waals surface area (Å²) >= 11 is 0. The molecule has 9 heteroatoms. The van der Waals surface area contributed by atoms with E-state index < -0.39 is 0 Å². The molecule has 0 N–H and O–H groups in total. The molecule has 1 aliphatic carbocycles. The van der Waals surface area contributed by atoms with Crippen LogP contribution >= 0.6 is 0 Å². The Kier molecular flexibility index (Phi) is 7.09. The first-order valence-corrected chi connectivity index (χ1v) is 13.0. The molecule has 0 atom stereocenters. The van der Waals surface area contributed by atoms with Crippen LogP contribution in [0, 0.1) is 6.92 Å². The van der Waals surface area contributed by atoms with Crippen LogP contribution in [0.25, 0.3) is 27.8 Å². The number of fused-ring (bicyclic) bond motifs is 3. The van der Waals surface area contributed by atoms with Gasteiger partial charge >= 0.3 is 0 Å². The van der Waals surface area contributed by atoms with Gasteiger partial charge in [0.25, 0.3) is 11.1 Å². The van der Waals surface area contributed by atoms with Crippen LogP contribution in [0.3, 0.4) is 0 Å². The van der Waals surface area contributed by atoms with Crippen LogP contribution in [-0.4, -0.2) is 42.7 Å². The number of nitrogens with zero attached hydrogens (tertiary/aromatic N) is 7. The SMILES string of the molecule is CN(C)c1ccnc2c1c1ncn(C3CCCCC3)c(=O)c1n2C.Cc1ccc(-n2cnccc2=O)cc1. The van der Waals surface area contributed by atoms with E-state index in [9.17, 15) is 9.59 Å². The van der Waals surface area contributed by atoms with Gasteiger partial charge in [-0.15, -0.1) is 0 Å². The third-order valence-electron chi connectivity index (χ3n) is 7.26. The maximum absolute atomic E-state index is 13.2.